The number of benzene rings is 2. The standard InChI is InChI=1S/C26H37NO4Si/c1-19(31-32(7,8)25(2,3)4)26(5)23(30-18-20-12-10-9-11-13-20)24(28)27(26)21-14-16-22(29-6)17-15-21/h9-17,19,23H,18H2,1-8H3/t19-,23+,26+/m0/s1. The van der Waals surface area contributed by atoms with Gasteiger partial charge in [0, 0.05) is 5.69 Å². The highest BCUT2D eigenvalue weighted by Gasteiger charge is 2.63. The van der Waals surface area contributed by atoms with E-state index in [1.165, 1.54) is 0 Å². The molecule has 1 saturated heterocycles. The number of ether oxygens (including phenoxy) is 2. The van der Waals surface area contributed by atoms with Gasteiger partial charge < -0.3 is 13.9 Å². The van der Waals surface area contributed by atoms with Crippen LogP contribution in [-0.2, 0) is 20.6 Å². The largest absolute Gasteiger partial charge is 0.497 e. The minimum absolute atomic E-state index is 0.0423. The number of nitrogens with zero attached hydrogens (tertiary/aromatic N) is 1. The van der Waals surface area contributed by atoms with Gasteiger partial charge in [-0.25, -0.2) is 0 Å². The van der Waals surface area contributed by atoms with E-state index >= 15 is 0 Å². The monoisotopic (exact) mass is 455 g/mol. The number of carbonyl (C=O) groups excluding carboxylic acids is 1. The predicted octanol–water partition coefficient (Wildman–Crippen LogP) is 5.80. The zero-order chi connectivity index (χ0) is 23.7. The third-order valence-electron chi connectivity index (χ3n) is 7.15. The molecule has 1 aliphatic rings. The molecule has 3 atom stereocenters. The minimum Gasteiger partial charge on any atom is -0.497 e. The molecule has 0 aromatic heterocycles. The Morgan fingerprint density at radius 3 is 2.19 bits per heavy atom. The van der Waals surface area contributed by atoms with Crippen molar-refractivity contribution in [1.82, 2.24) is 0 Å². The minimum atomic E-state index is -2.06. The highest BCUT2D eigenvalue weighted by molar-refractivity contribution is 6.74. The number of hydrogen-bond acceptors (Lipinski definition) is 4. The maximum absolute atomic E-state index is 13.3. The van der Waals surface area contributed by atoms with Crippen LogP contribution in [0.25, 0.3) is 0 Å². The summed E-state index contributed by atoms with van der Waals surface area (Å²) in [6, 6.07) is 17.5. The van der Waals surface area contributed by atoms with E-state index in [2.05, 4.69) is 47.7 Å². The molecule has 0 saturated carbocycles. The lowest BCUT2D eigenvalue weighted by atomic mass is 9.77. The first-order valence-electron chi connectivity index (χ1n) is 11.2. The van der Waals surface area contributed by atoms with Crippen molar-refractivity contribution in [2.75, 3.05) is 12.0 Å². The summed E-state index contributed by atoms with van der Waals surface area (Å²) in [7, 11) is -0.422. The normalized spacial score (nSPS) is 22.4. The van der Waals surface area contributed by atoms with Gasteiger partial charge in [-0.1, -0.05) is 51.1 Å². The fraction of sp³-hybridized carbons (Fsp3) is 0.500. The van der Waals surface area contributed by atoms with E-state index in [0.717, 1.165) is 17.0 Å². The second-order valence-corrected chi connectivity index (χ2v) is 15.1. The molecular weight excluding hydrogens is 418 g/mol. The SMILES string of the molecule is COc1ccc(N2C(=O)[C@@H](OCc3ccccc3)[C@@]2(C)[C@H](C)O[Si](C)(C)C(C)(C)C)cc1. The fourth-order valence-electron chi connectivity index (χ4n) is 3.92. The van der Waals surface area contributed by atoms with Gasteiger partial charge in [0.05, 0.1) is 19.8 Å². The molecule has 0 N–H and O–H groups in total. The molecule has 1 amide bonds. The Hall–Kier alpha value is -2.15. The first kappa shape index (κ1) is 24.5. The molecule has 2 aromatic rings. The van der Waals surface area contributed by atoms with Crippen molar-refractivity contribution in [2.24, 2.45) is 0 Å². The smallest absolute Gasteiger partial charge is 0.259 e. The molecule has 1 aliphatic heterocycles. The van der Waals surface area contributed by atoms with Crippen molar-refractivity contribution in [2.45, 2.75) is 77.1 Å². The average Bonchev–Trinajstić information content (AvgIpc) is 2.74. The van der Waals surface area contributed by atoms with Crippen molar-refractivity contribution >= 4 is 19.9 Å². The van der Waals surface area contributed by atoms with Crippen LogP contribution in [0.15, 0.2) is 54.6 Å². The van der Waals surface area contributed by atoms with Crippen molar-refractivity contribution in [3.8, 4) is 5.75 Å². The highest BCUT2D eigenvalue weighted by Crippen LogP contribution is 2.46. The summed E-state index contributed by atoms with van der Waals surface area (Å²) in [5.74, 6) is 0.713. The Kier molecular flexibility index (Phi) is 6.89. The van der Waals surface area contributed by atoms with E-state index in [1.54, 1.807) is 7.11 Å². The molecule has 0 aliphatic carbocycles. The third-order valence-corrected chi connectivity index (χ3v) is 11.7. The zero-order valence-electron chi connectivity index (χ0n) is 20.6. The van der Waals surface area contributed by atoms with Gasteiger partial charge in [-0.15, -0.1) is 0 Å². The molecular formula is C26H37NO4Si. The van der Waals surface area contributed by atoms with Crippen LogP contribution in [0, 0.1) is 0 Å². The number of methoxy groups -OCH3 is 1. The van der Waals surface area contributed by atoms with E-state index < -0.39 is 20.0 Å². The maximum atomic E-state index is 13.3. The Labute approximate surface area is 193 Å². The van der Waals surface area contributed by atoms with Crippen molar-refractivity contribution in [3.05, 3.63) is 60.2 Å². The Morgan fingerprint density at radius 1 is 1.06 bits per heavy atom. The first-order valence-corrected chi connectivity index (χ1v) is 14.1. The molecule has 3 rings (SSSR count). The second kappa shape index (κ2) is 9.00. The van der Waals surface area contributed by atoms with E-state index in [1.807, 2.05) is 59.5 Å². The zero-order valence-corrected chi connectivity index (χ0v) is 21.6. The van der Waals surface area contributed by atoms with Crippen LogP contribution in [0.2, 0.25) is 18.1 Å². The van der Waals surface area contributed by atoms with E-state index in [0.29, 0.717) is 6.61 Å². The summed E-state index contributed by atoms with van der Waals surface area (Å²) < 4.78 is 18.3. The van der Waals surface area contributed by atoms with Gasteiger partial charge in [-0.3, -0.25) is 9.69 Å². The Balaban J connectivity index is 1.91. The summed E-state index contributed by atoms with van der Waals surface area (Å²) in [5, 5.41) is 0.0662. The molecule has 0 radical (unpaired) electrons. The van der Waals surface area contributed by atoms with E-state index in [-0.39, 0.29) is 17.0 Å². The molecule has 0 bridgehead atoms. The van der Waals surface area contributed by atoms with Gasteiger partial charge in [-0.2, -0.15) is 0 Å². The Morgan fingerprint density at radius 2 is 1.66 bits per heavy atom. The number of rotatable bonds is 8. The van der Waals surface area contributed by atoms with Gasteiger partial charge in [-0.05, 0) is 61.8 Å². The van der Waals surface area contributed by atoms with Crippen LogP contribution in [-0.4, -0.2) is 39.1 Å². The van der Waals surface area contributed by atoms with Crippen LogP contribution < -0.4 is 9.64 Å². The molecule has 174 valence electrons. The average molecular weight is 456 g/mol. The van der Waals surface area contributed by atoms with Crippen LogP contribution in [0.3, 0.4) is 0 Å². The summed E-state index contributed by atoms with van der Waals surface area (Å²) in [4.78, 5) is 15.2. The van der Waals surface area contributed by atoms with Gasteiger partial charge in [0.25, 0.3) is 5.91 Å². The van der Waals surface area contributed by atoms with Gasteiger partial charge in [0.1, 0.15) is 11.3 Å². The number of β-lactam (4-membered cyclic amide) rings is 1. The molecule has 1 fully saturated rings. The van der Waals surface area contributed by atoms with Crippen LogP contribution >= 0.6 is 0 Å². The lowest BCUT2D eigenvalue weighted by Crippen LogP contribution is -2.79. The molecule has 5 nitrogen and oxygen atoms in total. The summed E-state index contributed by atoms with van der Waals surface area (Å²) in [6.07, 6.45) is -0.784. The lowest BCUT2D eigenvalue weighted by Gasteiger charge is -2.59. The highest BCUT2D eigenvalue weighted by atomic mass is 28.4. The van der Waals surface area contributed by atoms with E-state index in [9.17, 15) is 4.79 Å². The molecule has 6 heteroatoms. The number of carbonyl (C=O) groups is 1. The molecule has 1 heterocycles. The van der Waals surface area contributed by atoms with Crippen molar-refractivity contribution < 1.29 is 18.7 Å². The number of anilines is 1. The maximum Gasteiger partial charge on any atom is 0.259 e. The molecule has 0 unspecified atom stereocenters. The number of amides is 1. The van der Waals surface area contributed by atoms with Crippen LogP contribution in [0.5, 0.6) is 5.75 Å². The fourth-order valence-corrected chi connectivity index (χ4v) is 5.40. The van der Waals surface area contributed by atoms with Gasteiger partial charge in [0.2, 0.25) is 0 Å². The Bertz CT molecular complexity index is 923. The topological polar surface area (TPSA) is 48.0 Å². The summed E-state index contributed by atoms with van der Waals surface area (Å²) >= 11 is 0. The second-order valence-electron chi connectivity index (χ2n) is 10.3. The summed E-state index contributed by atoms with van der Waals surface area (Å²) in [6.45, 7) is 15.7. The lowest BCUT2D eigenvalue weighted by molar-refractivity contribution is -0.158. The third kappa shape index (κ3) is 4.49. The van der Waals surface area contributed by atoms with Gasteiger partial charge >= 0.3 is 0 Å². The van der Waals surface area contributed by atoms with Crippen molar-refractivity contribution in [3.63, 3.8) is 0 Å². The number of hydrogen-bond donors (Lipinski definition) is 0. The predicted molar refractivity (Wildman–Crippen MR) is 132 cm³/mol. The molecule has 32 heavy (non-hydrogen) atoms. The van der Waals surface area contributed by atoms with Crippen molar-refractivity contribution in [1.29, 1.82) is 0 Å². The summed E-state index contributed by atoms with van der Waals surface area (Å²) in [5.41, 5.74) is 1.24. The van der Waals surface area contributed by atoms with E-state index in [4.69, 9.17) is 13.9 Å². The molecule has 0 spiro atoms. The first-order chi connectivity index (χ1) is 14.9. The molecule has 2 aromatic carbocycles. The van der Waals surface area contributed by atoms with Crippen LogP contribution in [0.4, 0.5) is 5.69 Å². The van der Waals surface area contributed by atoms with Gasteiger partial charge in [0.15, 0.2) is 14.4 Å². The van der Waals surface area contributed by atoms with Crippen LogP contribution in [0.1, 0.15) is 40.2 Å². The quantitative estimate of drug-likeness (QED) is 0.373.